The molecule has 0 fully saturated rings. The second kappa shape index (κ2) is 10.5. The molecule has 0 radical (unpaired) electrons. The van der Waals surface area contributed by atoms with E-state index in [0.717, 1.165) is 21.9 Å². The number of amidine groups is 2. The van der Waals surface area contributed by atoms with Crippen molar-refractivity contribution in [1.29, 1.82) is 0 Å². The van der Waals surface area contributed by atoms with Crippen molar-refractivity contribution >= 4 is 58.6 Å². The summed E-state index contributed by atoms with van der Waals surface area (Å²) in [5.41, 5.74) is 3.01. The summed E-state index contributed by atoms with van der Waals surface area (Å²) >= 11 is 7.98. The third kappa shape index (κ3) is 5.68. The molecule has 0 saturated carbocycles. The van der Waals surface area contributed by atoms with Gasteiger partial charge in [-0.3, -0.25) is 9.98 Å². The van der Waals surface area contributed by atoms with Gasteiger partial charge in [-0.15, -0.1) is 11.3 Å². The van der Waals surface area contributed by atoms with E-state index in [1.54, 1.807) is 19.3 Å². The van der Waals surface area contributed by atoms with Crippen LogP contribution in [0.3, 0.4) is 0 Å². The first-order valence-electron chi connectivity index (χ1n) is 10.2. The molecule has 3 aromatic rings. The van der Waals surface area contributed by atoms with Crippen LogP contribution >= 0.6 is 22.9 Å². The molecule has 33 heavy (non-hydrogen) atoms. The zero-order valence-electron chi connectivity index (χ0n) is 18.2. The van der Waals surface area contributed by atoms with Gasteiger partial charge in [-0.05, 0) is 50.0 Å². The third-order valence-corrected chi connectivity index (χ3v) is 5.77. The number of benzene rings is 2. The fraction of sp³-hybridized carbons (Fsp3) is 0.217. The summed E-state index contributed by atoms with van der Waals surface area (Å²) in [4.78, 5) is 17.2. The van der Waals surface area contributed by atoms with Crippen molar-refractivity contribution in [2.24, 2.45) is 15.0 Å². The highest BCUT2D eigenvalue weighted by molar-refractivity contribution is 7.09. The Morgan fingerprint density at radius 3 is 2.82 bits per heavy atom. The molecule has 2 heterocycles. The Morgan fingerprint density at radius 2 is 2.15 bits per heavy atom. The standard InChI is InChI=1S/C23H23ClN6O2S/c1-14-12-32-23(28-14)30-15-4-6-19(25-2)17(10-15)22(26-3)29-16-5-7-20(18(24)11-16)31-13-21-27-8-9-33-21/h4-11,14H,2,12-13H2,1,3H3,(H,26,29)(H,28,30)/t14-/m1/s1. The number of anilines is 2. The lowest BCUT2D eigenvalue weighted by molar-refractivity contribution is 0.306. The largest absolute Gasteiger partial charge is 0.485 e. The molecule has 0 unspecified atom stereocenters. The smallest absolute Gasteiger partial charge is 0.289 e. The van der Waals surface area contributed by atoms with Crippen LogP contribution < -0.4 is 15.4 Å². The van der Waals surface area contributed by atoms with Crippen LogP contribution in [0.5, 0.6) is 5.75 Å². The average Bonchev–Trinajstić information content (AvgIpc) is 3.48. The molecular formula is C23H23ClN6O2S. The molecule has 1 aliphatic rings. The summed E-state index contributed by atoms with van der Waals surface area (Å²) in [5.74, 6) is 1.19. The number of hydrogen-bond acceptors (Lipinski definition) is 8. The minimum atomic E-state index is 0.133. The van der Waals surface area contributed by atoms with Gasteiger partial charge in [0.25, 0.3) is 6.02 Å². The van der Waals surface area contributed by atoms with E-state index < -0.39 is 0 Å². The fourth-order valence-corrected chi connectivity index (χ4v) is 3.91. The number of nitrogens with zero attached hydrogens (tertiary/aromatic N) is 4. The minimum Gasteiger partial charge on any atom is -0.485 e. The summed E-state index contributed by atoms with van der Waals surface area (Å²) in [6.45, 7) is 6.61. The van der Waals surface area contributed by atoms with Crippen LogP contribution in [-0.4, -0.2) is 43.3 Å². The summed E-state index contributed by atoms with van der Waals surface area (Å²) in [5, 5.41) is 9.77. The first kappa shape index (κ1) is 22.8. The summed E-state index contributed by atoms with van der Waals surface area (Å²) in [7, 11) is 1.70. The molecule has 8 nitrogen and oxygen atoms in total. The highest BCUT2D eigenvalue weighted by atomic mass is 35.5. The maximum atomic E-state index is 6.45. The lowest BCUT2D eigenvalue weighted by Gasteiger charge is -2.15. The Bertz CT molecular complexity index is 1200. The van der Waals surface area contributed by atoms with Crippen molar-refractivity contribution in [3.05, 3.63) is 63.6 Å². The van der Waals surface area contributed by atoms with E-state index in [1.807, 2.05) is 42.6 Å². The van der Waals surface area contributed by atoms with Crippen molar-refractivity contribution in [1.82, 2.24) is 4.98 Å². The molecule has 0 saturated heterocycles. The molecule has 0 spiro atoms. The molecule has 1 aliphatic heterocycles. The van der Waals surface area contributed by atoms with Gasteiger partial charge in [-0.1, -0.05) is 11.6 Å². The van der Waals surface area contributed by atoms with Crippen molar-refractivity contribution in [2.45, 2.75) is 19.6 Å². The van der Waals surface area contributed by atoms with Gasteiger partial charge in [0, 0.05) is 35.6 Å². The summed E-state index contributed by atoms with van der Waals surface area (Å²) < 4.78 is 11.3. The molecule has 2 aromatic carbocycles. The van der Waals surface area contributed by atoms with Gasteiger partial charge < -0.3 is 20.1 Å². The zero-order valence-corrected chi connectivity index (χ0v) is 19.8. The molecule has 1 aromatic heterocycles. The van der Waals surface area contributed by atoms with Gasteiger partial charge in [0.1, 0.15) is 29.8 Å². The number of hydrogen-bond donors (Lipinski definition) is 2. The number of thiazole rings is 1. The van der Waals surface area contributed by atoms with Gasteiger partial charge in [0.2, 0.25) is 0 Å². The van der Waals surface area contributed by atoms with Crippen LogP contribution in [0.25, 0.3) is 0 Å². The van der Waals surface area contributed by atoms with E-state index in [9.17, 15) is 0 Å². The predicted octanol–water partition coefficient (Wildman–Crippen LogP) is 5.38. The highest BCUT2D eigenvalue weighted by Gasteiger charge is 2.16. The monoisotopic (exact) mass is 482 g/mol. The first-order chi connectivity index (χ1) is 16.1. The van der Waals surface area contributed by atoms with Crippen molar-refractivity contribution in [2.75, 3.05) is 24.3 Å². The molecule has 1 atom stereocenters. The van der Waals surface area contributed by atoms with E-state index >= 15 is 0 Å². The first-order valence-corrected chi connectivity index (χ1v) is 11.4. The molecule has 0 aliphatic carbocycles. The van der Waals surface area contributed by atoms with Gasteiger partial charge in [0.05, 0.1) is 16.8 Å². The van der Waals surface area contributed by atoms with E-state index in [0.29, 0.717) is 41.5 Å². The zero-order chi connectivity index (χ0) is 23.2. The number of rotatable bonds is 7. The Labute approximate surface area is 201 Å². The normalized spacial score (nSPS) is 15.5. The van der Waals surface area contributed by atoms with Crippen LogP contribution in [-0.2, 0) is 11.3 Å². The molecule has 2 N–H and O–H groups in total. The van der Waals surface area contributed by atoms with Crippen LogP contribution in [0.4, 0.5) is 17.1 Å². The van der Waals surface area contributed by atoms with Crippen LogP contribution in [0.15, 0.2) is 63.0 Å². The lowest BCUT2D eigenvalue weighted by Crippen LogP contribution is -2.16. The molecule has 0 amide bonds. The number of halogens is 1. The molecule has 170 valence electrons. The molecule has 0 bridgehead atoms. The van der Waals surface area contributed by atoms with E-state index in [-0.39, 0.29) is 6.04 Å². The van der Waals surface area contributed by atoms with Crippen LogP contribution in [0, 0.1) is 0 Å². The van der Waals surface area contributed by atoms with Gasteiger partial charge in [-0.2, -0.15) is 0 Å². The fourth-order valence-electron chi connectivity index (χ4n) is 3.15. The van der Waals surface area contributed by atoms with E-state index in [2.05, 4.69) is 37.3 Å². The molecule has 4 rings (SSSR count). The topological polar surface area (TPSA) is 92.5 Å². The van der Waals surface area contributed by atoms with Crippen molar-refractivity contribution in [3.63, 3.8) is 0 Å². The number of aliphatic imine (C=N–C) groups is 3. The quantitative estimate of drug-likeness (QED) is 0.348. The van der Waals surface area contributed by atoms with Crippen molar-refractivity contribution < 1.29 is 9.47 Å². The second-order valence-corrected chi connectivity index (χ2v) is 8.55. The van der Waals surface area contributed by atoms with Gasteiger partial charge in [0.15, 0.2) is 0 Å². The van der Waals surface area contributed by atoms with E-state index in [4.69, 9.17) is 21.1 Å². The van der Waals surface area contributed by atoms with Crippen LogP contribution in [0.1, 0.15) is 17.5 Å². The Kier molecular flexibility index (Phi) is 7.21. The number of nitrogens with one attached hydrogen (secondary N) is 2. The Balaban J connectivity index is 1.51. The van der Waals surface area contributed by atoms with E-state index in [1.165, 1.54) is 11.3 Å². The molecule has 10 heteroatoms. The van der Waals surface area contributed by atoms with Crippen molar-refractivity contribution in [3.8, 4) is 5.75 Å². The second-order valence-electron chi connectivity index (χ2n) is 7.17. The SMILES string of the molecule is C=Nc1ccc(NC2=N[C@H](C)CO2)cc1/C(=N\C)Nc1ccc(OCc2nccs2)c(Cl)c1. The van der Waals surface area contributed by atoms with Gasteiger partial charge in [-0.25, -0.2) is 9.98 Å². The third-order valence-electron chi connectivity index (χ3n) is 4.73. The average molecular weight is 483 g/mol. The minimum absolute atomic E-state index is 0.133. The molecular weight excluding hydrogens is 460 g/mol. The summed E-state index contributed by atoms with van der Waals surface area (Å²) in [6, 6.07) is 11.8. The maximum absolute atomic E-state index is 6.45. The van der Waals surface area contributed by atoms with Gasteiger partial charge >= 0.3 is 0 Å². The Morgan fingerprint density at radius 1 is 1.30 bits per heavy atom. The number of ether oxygens (including phenoxy) is 2. The predicted molar refractivity (Wildman–Crippen MR) is 136 cm³/mol. The lowest BCUT2D eigenvalue weighted by atomic mass is 10.1. The Hall–Kier alpha value is -3.43. The number of aromatic nitrogens is 1. The summed E-state index contributed by atoms with van der Waals surface area (Å²) in [6.07, 6.45) is 1.75. The van der Waals surface area contributed by atoms with Crippen LogP contribution in [0.2, 0.25) is 5.02 Å². The highest BCUT2D eigenvalue weighted by Crippen LogP contribution is 2.30. The maximum Gasteiger partial charge on any atom is 0.289 e.